The number of hydrogen-bond donors (Lipinski definition) is 1. The van der Waals surface area contributed by atoms with Crippen LogP contribution in [-0.4, -0.2) is 20.7 Å². The Morgan fingerprint density at radius 1 is 1.04 bits per heavy atom. The number of anilines is 1. The molecule has 9 nitrogen and oxygen atoms in total. The van der Waals surface area contributed by atoms with Crippen LogP contribution in [0.3, 0.4) is 0 Å². The minimum Gasteiger partial charge on any atom is -0.302 e. The van der Waals surface area contributed by atoms with Gasteiger partial charge >= 0.3 is 0 Å². The number of non-ortho nitro benzene ring substituents is 2. The summed E-state index contributed by atoms with van der Waals surface area (Å²) in [7, 11) is 0. The molecule has 0 atom stereocenters. The van der Waals surface area contributed by atoms with Crippen LogP contribution in [-0.2, 0) is 11.2 Å². The molecule has 1 heterocycles. The van der Waals surface area contributed by atoms with E-state index in [0.717, 1.165) is 4.70 Å². The van der Waals surface area contributed by atoms with Crippen molar-refractivity contribution in [3.05, 3.63) is 68.3 Å². The second-order valence-electron chi connectivity index (χ2n) is 5.08. The van der Waals surface area contributed by atoms with E-state index in [1.54, 1.807) is 6.07 Å². The van der Waals surface area contributed by atoms with Crippen LogP contribution in [0.5, 0.6) is 0 Å². The first-order valence-electron chi connectivity index (χ1n) is 7.00. The molecule has 1 amide bonds. The highest BCUT2D eigenvalue weighted by Gasteiger charge is 2.13. The van der Waals surface area contributed by atoms with Gasteiger partial charge in [-0.2, -0.15) is 0 Å². The number of amides is 1. The van der Waals surface area contributed by atoms with E-state index in [4.69, 9.17) is 0 Å². The van der Waals surface area contributed by atoms with Crippen LogP contribution in [0.15, 0.2) is 42.5 Å². The van der Waals surface area contributed by atoms with Gasteiger partial charge in [0.15, 0.2) is 5.13 Å². The van der Waals surface area contributed by atoms with Crippen LogP contribution in [0.4, 0.5) is 16.5 Å². The molecule has 0 fully saturated rings. The van der Waals surface area contributed by atoms with Crippen molar-refractivity contribution in [3.63, 3.8) is 0 Å². The number of aromatic nitrogens is 1. The molecule has 1 aromatic heterocycles. The number of fused-ring (bicyclic) bond motifs is 1. The number of nitrogens with zero attached hydrogens (tertiary/aromatic N) is 3. The molecule has 126 valence electrons. The second kappa shape index (κ2) is 6.61. The van der Waals surface area contributed by atoms with E-state index in [0.29, 0.717) is 16.2 Å². The Hall–Kier alpha value is -3.40. The van der Waals surface area contributed by atoms with Crippen molar-refractivity contribution in [2.75, 3.05) is 5.32 Å². The lowest BCUT2D eigenvalue weighted by atomic mass is 10.1. The standard InChI is InChI=1S/C15H10N4O5S/c20-14(7-9-1-3-10(4-2-9)18(21)22)17-15-16-12-8-11(19(23)24)5-6-13(12)25-15/h1-6,8H,7H2,(H,16,17,20). The number of carbonyl (C=O) groups is 1. The maximum absolute atomic E-state index is 12.1. The number of nitro benzene ring substituents is 2. The molecule has 0 saturated carbocycles. The van der Waals surface area contributed by atoms with Crippen LogP contribution in [0.2, 0.25) is 0 Å². The number of rotatable bonds is 5. The molecule has 0 aliphatic carbocycles. The zero-order valence-corrected chi connectivity index (χ0v) is 13.4. The summed E-state index contributed by atoms with van der Waals surface area (Å²) in [6.07, 6.45) is 0.0358. The van der Waals surface area contributed by atoms with Crippen molar-refractivity contribution in [1.82, 2.24) is 4.98 Å². The van der Waals surface area contributed by atoms with E-state index in [9.17, 15) is 25.0 Å². The first kappa shape index (κ1) is 16.5. The fraction of sp³-hybridized carbons (Fsp3) is 0.0667. The fourth-order valence-corrected chi connectivity index (χ4v) is 3.03. The van der Waals surface area contributed by atoms with Gasteiger partial charge in [0.05, 0.1) is 26.5 Å². The highest BCUT2D eigenvalue weighted by Crippen LogP contribution is 2.28. The van der Waals surface area contributed by atoms with E-state index in [2.05, 4.69) is 10.3 Å². The number of benzene rings is 2. The van der Waals surface area contributed by atoms with E-state index in [-0.39, 0.29) is 23.7 Å². The van der Waals surface area contributed by atoms with Gasteiger partial charge < -0.3 is 5.32 Å². The normalized spacial score (nSPS) is 10.6. The van der Waals surface area contributed by atoms with E-state index in [1.165, 1.54) is 47.7 Å². The van der Waals surface area contributed by atoms with Gasteiger partial charge in [0.2, 0.25) is 5.91 Å². The maximum atomic E-state index is 12.1. The minimum absolute atomic E-state index is 0.0358. The first-order valence-corrected chi connectivity index (χ1v) is 7.82. The Morgan fingerprint density at radius 3 is 2.32 bits per heavy atom. The average Bonchev–Trinajstić information content (AvgIpc) is 2.96. The zero-order valence-electron chi connectivity index (χ0n) is 12.5. The molecule has 0 aliphatic rings. The molecular weight excluding hydrogens is 348 g/mol. The predicted molar refractivity (Wildman–Crippen MR) is 91.7 cm³/mol. The fourth-order valence-electron chi connectivity index (χ4n) is 2.17. The molecule has 0 radical (unpaired) electrons. The van der Waals surface area contributed by atoms with Gasteiger partial charge in [0, 0.05) is 24.3 Å². The highest BCUT2D eigenvalue weighted by atomic mass is 32.1. The zero-order chi connectivity index (χ0) is 18.0. The van der Waals surface area contributed by atoms with Crippen molar-refractivity contribution in [3.8, 4) is 0 Å². The summed E-state index contributed by atoms with van der Waals surface area (Å²) in [5.74, 6) is -0.331. The summed E-state index contributed by atoms with van der Waals surface area (Å²) in [6, 6.07) is 10.00. The molecule has 25 heavy (non-hydrogen) atoms. The van der Waals surface area contributed by atoms with E-state index in [1.807, 2.05) is 0 Å². The molecule has 0 aliphatic heterocycles. The van der Waals surface area contributed by atoms with Crippen LogP contribution in [0.1, 0.15) is 5.56 Å². The average molecular weight is 358 g/mol. The van der Waals surface area contributed by atoms with Crippen LogP contribution < -0.4 is 5.32 Å². The van der Waals surface area contributed by atoms with Crippen LogP contribution in [0.25, 0.3) is 10.2 Å². The quantitative estimate of drug-likeness (QED) is 0.550. The third-order valence-electron chi connectivity index (χ3n) is 3.34. The Bertz CT molecular complexity index is 983. The van der Waals surface area contributed by atoms with Gasteiger partial charge in [-0.3, -0.25) is 25.0 Å². The largest absolute Gasteiger partial charge is 0.302 e. The summed E-state index contributed by atoms with van der Waals surface area (Å²) < 4.78 is 0.719. The molecule has 0 saturated heterocycles. The summed E-state index contributed by atoms with van der Waals surface area (Å²) >= 11 is 1.21. The molecule has 3 rings (SSSR count). The maximum Gasteiger partial charge on any atom is 0.271 e. The molecule has 2 aromatic carbocycles. The van der Waals surface area contributed by atoms with Gasteiger partial charge in [-0.15, -0.1) is 0 Å². The van der Waals surface area contributed by atoms with Gasteiger partial charge in [-0.05, 0) is 11.6 Å². The second-order valence-corrected chi connectivity index (χ2v) is 6.11. The van der Waals surface area contributed by atoms with E-state index < -0.39 is 9.85 Å². The van der Waals surface area contributed by atoms with Crippen molar-refractivity contribution >= 4 is 44.0 Å². The lowest BCUT2D eigenvalue weighted by Crippen LogP contribution is -2.14. The SMILES string of the molecule is O=C(Cc1ccc([N+](=O)[O-])cc1)Nc1nc2cc([N+](=O)[O-])ccc2s1. The third kappa shape index (κ3) is 3.75. The Morgan fingerprint density at radius 2 is 1.68 bits per heavy atom. The molecule has 1 N–H and O–H groups in total. The van der Waals surface area contributed by atoms with Gasteiger partial charge in [0.25, 0.3) is 11.4 Å². The Kier molecular flexibility index (Phi) is 4.35. The van der Waals surface area contributed by atoms with Crippen molar-refractivity contribution in [1.29, 1.82) is 0 Å². The number of nitrogens with one attached hydrogen (secondary N) is 1. The van der Waals surface area contributed by atoms with Gasteiger partial charge in [-0.1, -0.05) is 23.5 Å². The number of thiazole rings is 1. The number of nitro groups is 2. The lowest BCUT2D eigenvalue weighted by Gasteiger charge is -2.01. The summed E-state index contributed by atoms with van der Waals surface area (Å²) in [4.78, 5) is 36.6. The van der Waals surface area contributed by atoms with Crippen molar-refractivity contribution < 1.29 is 14.6 Å². The molecular formula is C15H10N4O5S. The van der Waals surface area contributed by atoms with Crippen molar-refractivity contribution in [2.24, 2.45) is 0 Å². The Labute approximate surface area is 144 Å². The molecule has 0 unspecified atom stereocenters. The minimum atomic E-state index is -0.510. The van der Waals surface area contributed by atoms with Gasteiger partial charge in [0.1, 0.15) is 0 Å². The molecule has 0 spiro atoms. The van der Waals surface area contributed by atoms with E-state index >= 15 is 0 Å². The number of carbonyl (C=O) groups excluding carboxylic acids is 1. The number of hydrogen-bond acceptors (Lipinski definition) is 7. The third-order valence-corrected chi connectivity index (χ3v) is 4.29. The lowest BCUT2D eigenvalue weighted by molar-refractivity contribution is -0.385. The van der Waals surface area contributed by atoms with Gasteiger partial charge in [-0.25, -0.2) is 4.98 Å². The topological polar surface area (TPSA) is 128 Å². The first-order chi connectivity index (χ1) is 11.9. The predicted octanol–water partition coefficient (Wildman–Crippen LogP) is 3.29. The highest BCUT2D eigenvalue weighted by molar-refractivity contribution is 7.22. The molecule has 3 aromatic rings. The Balaban J connectivity index is 1.71. The van der Waals surface area contributed by atoms with Crippen LogP contribution in [0, 0.1) is 20.2 Å². The monoisotopic (exact) mass is 358 g/mol. The summed E-state index contributed by atoms with van der Waals surface area (Å²) in [5, 5.41) is 24.3. The molecule has 0 bridgehead atoms. The summed E-state index contributed by atoms with van der Waals surface area (Å²) in [6.45, 7) is 0. The van der Waals surface area contributed by atoms with Crippen molar-refractivity contribution in [2.45, 2.75) is 6.42 Å². The smallest absolute Gasteiger partial charge is 0.271 e. The molecule has 10 heteroatoms. The van der Waals surface area contributed by atoms with Crippen LogP contribution >= 0.6 is 11.3 Å². The summed E-state index contributed by atoms with van der Waals surface area (Å²) in [5.41, 5.74) is 0.947.